The monoisotopic (exact) mass is 399 g/mol. The number of methoxy groups -OCH3 is 1. The number of hydrogen-bond donors (Lipinski definition) is 3. The normalized spacial score (nSPS) is 12.8. The Labute approximate surface area is 167 Å². The molecule has 0 bridgehead atoms. The van der Waals surface area contributed by atoms with Gasteiger partial charge < -0.3 is 19.7 Å². The Hall–Kier alpha value is -3.81. The molecule has 2 aromatic rings. The van der Waals surface area contributed by atoms with Crippen molar-refractivity contribution in [2.24, 2.45) is 5.92 Å². The van der Waals surface area contributed by atoms with Crippen molar-refractivity contribution in [3.8, 4) is 11.5 Å². The number of rotatable bonds is 7. The number of carbonyl (C=O) groups excluding carboxylic acids is 2. The van der Waals surface area contributed by atoms with E-state index in [1.807, 2.05) is 0 Å². The van der Waals surface area contributed by atoms with E-state index in [1.54, 1.807) is 43.3 Å². The van der Waals surface area contributed by atoms with E-state index in [0.717, 1.165) is 6.08 Å². The van der Waals surface area contributed by atoms with Crippen molar-refractivity contribution >= 4 is 18.0 Å². The van der Waals surface area contributed by atoms with Crippen molar-refractivity contribution in [1.29, 1.82) is 0 Å². The number of carboxylic acids is 1. The van der Waals surface area contributed by atoms with Gasteiger partial charge in [0.25, 0.3) is 5.91 Å². The fraction of sp³-hybridized carbons (Fsp3) is 0.190. The van der Waals surface area contributed by atoms with Crippen molar-refractivity contribution in [2.45, 2.75) is 13.0 Å². The summed E-state index contributed by atoms with van der Waals surface area (Å²) in [6.07, 6.45) is 0.304. The molecule has 152 valence electrons. The molecule has 0 heterocycles. The minimum absolute atomic E-state index is 0.172. The van der Waals surface area contributed by atoms with Gasteiger partial charge in [-0.05, 0) is 29.8 Å². The predicted molar refractivity (Wildman–Crippen MR) is 104 cm³/mol. The maximum absolute atomic E-state index is 12.3. The number of ether oxygens (including phenoxy) is 2. The fourth-order valence-corrected chi connectivity index (χ4v) is 2.60. The van der Waals surface area contributed by atoms with E-state index in [-0.39, 0.29) is 17.1 Å². The van der Waals surface area contributed by atoms with E-state index < -0.39 is 30.0 Å². The fourth-order valence-electron chi connectivity index (χ4n) is 2.60. The second-order valence-corrected chi connectivity index (χ2v) is 6.13. The third-order valence-corrected chi connectivity index (χ3v) is 4.04. The molecule has 0 unspecified atom stereocenters. The number of amides is 2. The summed E-state index contributed by atoms with van der Waals surface area (Å²) in [4.78, 5) is 35.2. The highest BCUT2D eigenvalue weighted by Crippen LogP contribution is 2.34. The molecule has 0 saturated heterocycles. The average Bonchev–Trinajstić information content (AvgIpc) is 2.70. The average molecular weight is 399 g/mol. The first-order valence-electron chi connectivity index (χ1n) is 8.67. The van der Waals surface area contributed by atoms with Gasteiger partial charge in [-0.25, -0.2) is 9.59 Å². The Morgan fingerprint density at radius 2 is 1.79 bits per heavy atom. The molecule has 3 N–H and O–H groups in total. The van der Waals surface area contributed by atoms with Crippen LogP contribution in [0.15, 0.2) is 60.7 Å². The van der Waals surface area contributed by atoms with Crippen LogP contribution in [0.4, 0.5) is 4.79 Å². The Morgan fingerprint density at radius 3 is 2.38 bits per heavy atom. The molecular weight excluding hydrogens is 378 g/mol. The molecule has 2 aromatic carbocycles. The molecule has 8 heteroatoms. The molecule has 2 atom stereocenters. The lowest BCUT2D eigenvalue weighted by molar-refractivity contribution is -0.131. The summed E-state index contributed by atoms with van der Waals surface area (Å²) in [5.74, 6) is -2.31. The van der Waals surface area contributed by atoms with Crippen molar-refractivity contribution < 1.29 is 34.1 Å². The van der Waals surface area contributed by atoms with Crippen LogP contribution < -0.4 is 10.1 Å². The first-order valence-corrected chi connectivity index (χ1v) is 8.67. The third-order valence-electron chi connectivity index (χ3n) is 4.04. The number of phenolic OH excluding ortho intramolecular Hbond substituents is 1. The lowest BCUT2D eigenvalue weighted by Crippen LogP contribution is -2.33. The Kier molecular flexibility index (Phi) is 7.36. The highest BCUT2D eigenvalue weighted by molar-refractivity contribution is 6.02. The molecule has 0 saturated carbocycles. The van der Waals surface area contributed by atoms with Crippen LogP contribution >= 0.6 is 0 Å². The van der Waals surface area contributed by atoms with Crippen molar-refractivity contribution in [1.82, 2.24) is 5.32 Å². The zero-order valence-corrected chi connectivity index (χ0v) is 15.9. The van der Waals surface area contributed by atoms with E-state index in [9.17, 15) is 19.5 Å². The van der Waals surface area contributed by atoms with Gasteiger partial charge >= 0.3 is 12.1 Å². The van der Waals surface area contributed by atoms with Gasteiger partial charge in [-0.2, -0.15) is 0 Å². The van der Waals surface area contributed by atoms with Crippen LogP contribution in [0.2, 0.25) is 0 Å². The van der Waals surface area contributed by atoms with E-state index in [4.69, 9.17) is 14.6 Å². The van der Waals surface area contributed by atoms with Crippen LogP contribution in [0.25, 0.3) is 0 Å². The number of aromatic hydroxyl groups is 1. The van der Waals surface area contributed by atoms with Gasteiger partial charge in [0.2, 0.25) is 0 Å². The molecule has 0 radical (unpaired) electrons. The Balaban J connectivity index is 2.22. The molecule has 0 aliphatic rings. The van der Waals surface area contributed by atoms with Gasteiger partial charge in [-0.15, -0.1) is 0 Å². The molecule has 8 nitrogen and oxygen atoms in total. The lowest BCUT2D eigenvalue weighted by Gasteiger charge is -2.23. The molecule has 2 amide bonds. The SMILES string of the molecule is COc1ccc([C@@H](OC(=O)NC(=O)c2ccccc2)[C@@H](C)/C=C/C(=O)O)cc1O. The van der Waals surface area contributed by atoms with E-state index >= 15 is 0 Å². The highest BCUT2D eigenvalue weighted by atomic mass is 16.6. The molecule has 0 spiro atoms. The maximum Gasteiger partial charge on any atom is 0.414 e. The highest BCUT2D eigenvalue weighted by Gasteiger charge is 2.24. The number of nitrogens with one attached hydrogen (secondary N) is 1. The van der Waals surface area contributed by atoms with Crippen molar-refractivity contribution in [2.75, 3.05) is 7.11 Å². The van der Waals surface area contributed by atoms with Crippen LogP contribution in [0.5, 0.6) is 11.5 Å². The van der Waals surface area contributed by atoms with Gasteiger partial charge in [-0.1, -0.05) is 37.3 Å². The summed E-state index contributed by atoms with van der Waals surface area (Å²) in [6.45, 7) is 1.64. The van der Waals surface area contributed by atoms with E-state index in [2.05, 4.69) is 5.32 Å². The summed E-state index contributed by atoms with van der Waals surface area (Å²) < 4.78 is 10.4. The lowest BCUT2D eigenvalue weighted by atomic mass is 9.96. The van der Waals surface area contributed by atoms with Gasteiger partial charge in [0, 0.05) is 17.6 Å². The number of hydrogen-bond acceptors (Lipinski definition) is 6. The number of benzene rings is 2. The van der Waals surface area contributed by atoms with Crippen molar-refractivity contribution in [3.63, 3.8) is 0 Å². The number of aliphatic carboxylic acids is 1. The third kappa shape index (κ3) is 6.10. The van der Waals surface area contributed by atoms with Gasteiger partial charge in [0.15, 0.2) is 11.5 Å². The smallest absolute Gasteiger partial charge is 0.414 e. The van der Waals surface area contributed by atoms with E-state index in [0.29, 0.717) is 5.56 Å². The first-order chi connectivity index (χ1) is 13.8. The van der Waals surface area contributed by atoms with Crippen LogP contribution in [-0.2, 0) is 9.53 Å². The number of phenols is 1. The standard InChI is InChI=1S/C21H21NO7/c1-13(8-11-18(24)25)19(15-9-10-17(28-2)16(23)12-15)29-21(27)22-20(26)14-6-4-3-5-7-14/h3-13,19,23H,1-2H3,(H,24,25)(H,22,26,27)/b11-8+/t13-,19-/m0/s1. The zero-order valence-electron chi connectivity index (χ0n) is 15.9. The van der Waals surface area contributed by atoms with Crippen LogP contribution in [0.3, 0.4) is 0 Å². The summed E-state index contributed by atoms with van der Waals surface area (Å²) >= 11 is 0. The molecule has 0 fully saturated rings. The van der Waals surface area contributed by atoms with Crippen LogP contribution in [-0.4, -0.2) is 35.3 Å². The first kappa shape index (κ1) is 21.5. The predicted octanol–water partition coefficient (Wildman–Crippen LogP) is 3.29. The molecular formula is C21H21NO7. The van der Waals surface area contributed by atoms with Crippen LogP contribution in [0.1, 0.15) is 28.9 Å². The van der Waals surface area contributed by atoms with Gasteiger partial charge in [0.05, 0.1) is 7.11 Å². The molecule has 0 aromatic heterocycles. The Morgan fingerprint density at radius 1 is 1.10 bits per heavy atom. The topological polar surface area (TPSA) is 122 Å². The molecule has 2 rings (SSSR count). The number of alkyl carbamates (subject to hydrolysis) is 1. The zero-order chi connectivity index (χ0) is 21.4. The maximum atomic E-state index is 12.3. The van der Waals surface area contributed by atoms with Gasteiger partial charge in [-0.3, -0.25) is 10.1 Å². The minimum Gasteiger partial charge on any atom is -0.504 e. The second kappa shape index (κ2) is 9.93. The summed E-state index contributed by atoms with van der Waals surface area (Å²) in [7, 11) is 1.39. The molecule has 29 heavy (non-hydrogen) atoms. The Bertz CT molecular complexity index is 909. The van der Waals surface area contributed by atoms with Crippen LogP contribution in [0, 0.1) is 5.92 Å². The quantitative estimate of drug-likeness (QED) is 0.611. The number of carboxylic acid groups (broad SMARTS) is 1. The summed E-state index contributed by atoms with van der Waals surface area (Å²) in [5, 5.41) is 21.0. The second-order valence-electron chi connectivity index (χ2n) is 6.13. The minimum atomic E-state index is -1.16. The van der Waals surface area contributed by atoms with Crippen molar-refractivity contribution in [3.05, 3.63) is 71.8 Å². The molecule has 0 aliphatic heterocycles. The summed E-state index contributed by atoms with van der Waals surface area (Å²) in [6, 6.07) is 12.5. The van der Waals surface area contributed by atoms with Gasteiger partial charge in [0.1, 0.15) is 6.10 Å². The van der Waals surface area contributed by atoms with E-state index in [1.165, 1.54) is 25.3 Å². The number of carbonyl (C=O) groups is 3. The number of imide groups is 1. The molecule has 0 aliphatic carbocycles. The largest absolute Gasteiger partial charge is 0.504 e. The summed E-state index contributed by atoms with van der Waals surface area (Å²) in [5.41, 5.74) is 0.676.